The number of carbonyl (C=O) groups is 2. The Morgan fingerprint density at radius 2 is 1.95 bits per heavy atom. The third kappa shape index (κ3) is 2.98. The third-order valence-electron chi connectivity index (χ3n) is 2.65. The van der Waals surface area contributed by atoms with Crippen LogP contribution in [0.3, 0.4) is 0 Å². The molecular formula is C13H13N3O3. The van der Waals surface area contributed by atoms with E-state index in [1.807, 2.05) is 0 Å². The number of aromatic carboxylic acids is 1. The molecule has 1 aromatic heterocycles. The maximum atomic E-state index is 11.3. The molecule has 0 atom stereocenters. The molecule has 2 N–H and O–H groups in total. The molecule has 0 saturated heterocycles. The van der Waals surface area contributed by atoms with Crippen LogP contribution >= 0.6 is 0 Å². The van der Waals surface area contributed by atoms with Gasteiger partial charge in [-0.2, -0.15) is 5.10 Å². The number of carbonyl (C=O) groups excluding carboxylic acids is 1. The largest absolute Gasteiger partial charge is 0.478 e. The normalized spacial score (nSPS) is 10.2. The monoisotopic (exact) mass is 259 g/mol. The lowest BCUT2D eigenvalue weighted by molar-refractivity contribution is 0.0696. The van der Waals surface area contributed by atoms with Gasteiger partial charge in [-0.1, -0.05) is 12.1 Å². The van der Waals surface area contributed by atoms with Crippen LogP contribution in [-0.4, -0.2) is 33.8 Å². The van der Waals surface area contributed by atoms with Crippen LogP contribution in [0.25, 0.3) is 0 Å². The van der Waals surface area contributed by atoms with Crippen LogP contribution in [0.2, 0.25) is 0 Å². The van der Waals surface area contributed by atoms with Crippen LogP contribution in [-0.2, 0) is 6.54 Å². The topological polar surface area (TPSA) is 84.2 Å². The minimum Gasteiger partial charge on any atom is -0.478 e. The van der Waals surface area contributed by atoms with Crippen molar-refractivity contribution in [2.45, 2.75) is 6.54 Å². The summed E-state index contributed by atoms with van der Waals surface area (Å²) in [5.74, 6) is -1.19. The number of aromatic nitrogens is 2. The van der Waals surface area contributed by atoms with Crippen molar-refractivity contribution in [3.05, 3.63) is 53.3 Å². The standard InChI is InChI=1S/C13H13N3O3/c1-14-12(17)11-6-7-16(15-11)8-9-2-4-10(5-3-9)13(18)19/h2-7H,8H2,1H3,(H,14,17)(H,18,19). The summed E-state index contributed by atoms with van der Waals surface area (Å²) in [6, 6.07) is 8.17. The maximum absolute atomic E-state index is 11.3. The Hall–Kier alpha value is -2.63. The summed E-state index contributed by atoms with van der Waals surface area (Å²) in [4.78, 5) is 22.1. The summed E-state index contributed by atoms with van der Waals surface area (Å²) in [5, 5.41) is 15.4. The fourth-order valence-corrected chi connectivity index (χ4v) is 1.64. The molecule has 98 valence electrons. The lowest BCUT2D eigenvalue weighted by Gasteiger charge is -2.02. The molecule has 0 fully saturated rings. The maximum Gasteiger partial charge on any atom is 0.335 e. The highest BCUT2D eigenvalue weighted by molar-refractivity contribution is 5.91. The first-order valence-electron chi connectivity index (χ1n) is 5.68. The predicted molar refractivity (Wildman–Crippen MR) is 68.1 cm³/mol. The minimum absolute atomic E-state index is 0.236. The molecule has 0 unspecified atom stereocenters. The molecule has 2 aromatic rings. The number of rotatable bonds is 4. The number of hydrogen-bond donors (Lipinski definition) is 2. The molecule has 1 amide bonds. The first kappa shape index (κ1) is 12.8. The zero-order valence-electron chi connectivity index (χ0n) is 10.3. The van der Waals surface area contributed by atoms with E-state index in [1.165, 1.54) is 0 Å². The first-order valence-corrected chi connectivity index (χ1v) is 5.68. The summed E-state index contributed by atoms with van der Waals surface area (Å²) >= 11 is 0. The SMILES string of the molecule is CNC(=O)c1ccn(Cc2ccc(C(=O)O)cc2)n1. The second kappa shape index (κ2) is 5.34. The van der Waals surface area contributed by atoms with E-state index in [0.29, 0.717) is 12.2 Å². The zero-order valence-corrected chi connectivity index (χ0v) is 10.3. The van der Waals surface area contributed by atoms with Crippen LogP contribution in [0, 0.1) is 0 Å². The Balaban J connectivity index is 2.10. The van der Waals surface area contributed by atoms with Gasteiger partial charge in [0.25, 0.3) is 5.91 Å². The van der Waals surface area contributed by atoms with Crippen molar-refractivity contribution in [2.75, 3.05) is 7.05 Å². The predicted octanol–water partition coefficient (Wildman–Crippen LogP) is 0.989. The first-order chi connectivity index (χ1) is 9.10. The van der Waals surface area contributed by atoms with Gasteiger partial charge in [0.05, 0.1) is 12.1 Å². The summed E-state index contributed by atoms with van der Waals surface area (Å²) in [6.07, 6.45) is 1.70. The average molecular weight is 259 g/mol. The van der Waals surface area contributed by atoms with Gasteiger partial charge < -0.3 is 10.4 Å². The van der Waals surface area contributed by atoms with Crippen LogP contribution in [0.15, 0.2) is 36.5 Å². The fourth-order valence-electron chi connectivity index (χ4n) is 1.64. The van der Waals surface area contributed by atoms with Crippen LogP contribution < -0.4 is 5.32 Å². The van der Waals surface area contributed by atoms with E-state index in [9.17, 15) is 9.59 Å². The van der Waals surface area contributed by atoms with Gasteiger partial charge in [-0.05, 0) is 23.8 Å². The van der Waals surface area contributed by atoms with E-state index in [-0.39, 0.29) is 11.5 Å². The molecule has 0 spiro atoms. The van der Waals surface area contributed by atoms with Gasteiger partial charge in [0, 0.05) is 13.2 Å². The Morgan fingerprint density at radius 3 is 2.53 bits per heavy atom. The summed E-state index contributed by atoms with van der Waals surface area (Å²) in [7, 11) is 1.55. The Kier molecular flexibility index (Phi) is 3.61. The zero-order chi connectivity index (χ0) is 13.8. The van der Waals surface area contributed by atoms with Gasteiger partial charge in [-0.3, -0.25) is 9.48 Å². The highest BCUT2D eigenvalue weighted by Crippen LogP contribution is 2.07. The van der Waals surface area contributed by atoms with Crippen molar-refractivity contribution in [3.63, 3.8) is 0 Å². The lowest BCUT2D eigenvalue weighted by Crippen LogP contribution is -2.18. The van der Waals surface area contributed by atoms with Crippen molar-refractivity contribution >= 4 is 11.9 Å². The smallest absolute Gasteiger partial charge is 0.335 e. The van der Waals surface area contributed by atoms with Crippen LogP contribution in [0.5, 0.6) is 0 Å². The van der Waals surface area contributed by atoms with Gasteiger partial charge in [-0.25, -0.2) is 4.79 Å². The number of hydrogen-bond acceptors (Lipinski definition) is 3. The third-order valence-corrected chi connectivity index (χ3v) is 2.65. The molecule has 0 radical (unpaired) electrons. The minimum atomic E-state index is -0.951. The quantitative estimate of drug-likeness (QED) is 0.857. The van der Waals surface area contributed by atoms with Crippen molar-refractivity contribution in [1.82, 2.24) is 15.1 Å². The van der Waals surface area contributed by atoms with E-state index >= 15 is 0 Å². The van der Waals surface area contributed by atoms with Gasteiger partial charge in [-0.15, -0.1) is 0 Å². The Bertz CT molecular complexity index is 602. The lowest BCUT2D eigenvalue weighted by atomic mass is 10.1. The summed E-state index contributed by atoms with van der Waals surface area (Å²) in [6.45, 7) is 0.483. The molecule has 0 bridgehead atoms. The van der Waals surface area contributed by atoms with E-state index in [2.05, 4.69) is 10.4 Å². The molecule has 0 aliphatic carbocycles. The number of carboxylic acids is 1. The average Bonchev–Trinajstić information content (AvgIpc) is 2.87. The highest BCUT2D eigenvalue weighted by Gasteiger charge is 2.07. The number of amides is 1. The van der Waals surface area contributed by atoms with Crippen molar-refractivity contribution < 1.29 is 14.7 Å². The second-order valence-corrected chi connectivity index (χ2v) is 3.98. The molecule has 2 rings (SSSR count). The highest BCUT2D eigenvalue weighted by atomic mass is 16.4. The van der Waals surface area contributed by atoms with Gasteiger partial charge in [0.2, 0.25) is 0 Å². The van der Waals surface area contributed by atoms with Gasteiger partial charge in [0.1, 0.15) is 5.69 Å². The molecular weight excluding hydrogens is 246 g/mol. The Morgan fingerprint density at radius 1 is 1.26 bits per heavy atom. The number of nitrogens with one attached hydrogen (secondary N) is 1. The summed E-state index contributed by atoms with van der Waals surface area (Å²) < 4.78 is 1.63. The molecule has 6 nitrogen and oxygen atoms in total. The molecule has 1 heterocycles. The van der Waals surface area contributed by atoms with Gasteiger partial charge >= 0.3 is 5.97 Å². The van der Waals surface area contributed by atoms with Crippen LogP contribution in [0.1, 0.15) is 26.4 Å². The van der Waals surface area contributed by atoms with Gasteiger partial charge in [0.15, 0.2) is 0 Å². The summed E-state index contributed by atoms with van der Waals surface area (Å²) in [5.41, 5.74) is 1.51. The molecule has 0 aliphatic rings. The molecule has 1 aromatic carbocycles. The van der Waals surface area contributed by atoms with Crippen molar-refractivity contribution in [3.8, 4) is 0 Å². The second-order valence-electron chi connectivity index (χ2n) is 3.98. The molecule has 0 aliphatic heterocycles. The van der Waals surface area contributed by atoms with Crippen LogP contribution in [0.4, 0.5) is 0 Å². The van der Waals surface area contributed by atoms with Crippen molar-refractivity contribution in [2.24, 2.45) is 0 Å². The number of nitrogens with zero attached hydrogens (tertiary/aromatic N) is 2. The number of carboxylic acid groups (broad SMARTS) is 1. The fraction of sp³-hybridized carbons (Fsp3) is 0.154. The van der Waals surface area contributed by atoms with E-state index in [4.69, 9.17) is 5.11 Å². The molecule has 19 heavy (non-hydrogen) atoms. The van der Waals surface area contributed by atoms with Crippen molar-refractivity contribution in [1.29, 1.82) is 0 Å². The number of benzene rings is 1. The molecule has 0 saturated carbocycles. The van der Waals surface area contributed by atoms with E-state index < -0.39 is 5.97 Å². The van der Waals surface area contributed by atoms with E-state index in [1.54, 1.807) is 48.3 Å². The van der Waals surface area contributed by atoms with E-state index in [0.717, 1.165) is 5.56 Å². The molecule has 6 heteroatoms. The Labute approximate surface area is 109 Å².